The summed E-state index contributed by atoms with van der Waals surface area (Å²) in [6.07, 6.45) is 0. The Labute approximate surface area is 115 Å². The van der Waals surface area contributed by atoms with Gasteiger partial charge in [0.1, 0.15) is 18.2 Å². The molecule has 2 rings (SSSR count). The first kappa shape index (κ1) is 14.3. The number of hydrogen-bond donors (Lipinski definition) is 2. The van der Waals surface area contributed by atoms with Gasteiger partial charge in [-0.05, 0) is 12.1 Å². The summed E-state index contributed by atoms with van der Waals surface area (Å²) < 4.78 is 23.9. The SMILES string of the molecule is COc1cccc(COc2ccc(B(O)O)c(F)c2)n1. The Morgan fingerprint density at radius 2 is 2.05 bits per heavy atom. The summed E-state index contributed by atoms with van der Waals surface area (Å²) in [6, 6.07) is 9.04. The highest BCUT2D eigenvalue weighted by molar-refractivity contribution is 6.58. The molecule has 5 nitrogen and oxygen atoms in total. The number of aromatic nitrogens is 1. The Balaban J connectivity index is 2.05. The van der Waals surface area contributed by atoms with E-state index < -0.39 is 12.9 Å². The maximum atomic E-state index is 13.5. The number of pyridine rings is 1. The third kappa shape index (κ3) is 3.46. The molecule has 0 saturated carbocycles. The molecule has 0 aliphatic rings. The van der Waals surface area contributed by atoms with E-state index in [4.69, 9.17) is 19.5 Å². The van der Waals surface area contributed by atoms with Gasteiger partial charge in [-0.15, -0.1) is 0 Å². The Morgan fingerprint density at radius 3 is 2.70 bits per heavy atom. The Kier molecular flexibility index (Phi) is 4.55. The molecule has 0 spiro atoms. The zero-order chi connectivity index (χ0) is 14.5. The highest BCUT2D eigenvalue weighted by Crippen LogP contribution is 2.14. The van der Waals surface area contributed by atoms with Gasteiger partial charge in [0.2, 0.25) is 5.88 Å². The highest BCUT2D eigenvalue weighted by Gasteiger charge is 2.16. The minimum absolute atomic E-state index is 0.150. The third-order valence-corrected chi connectivity index (χ3v) is 2.63. The van der Waals surface area contributed by atoms with E-state index in [0.29, 0.717) is 11.6 Å². The summed E-state index contributed by atoms with van der Waals surface area (Å²) in [7, 11) is -0.328. The van der Waals surface area contributed by atoms with Crippen molar-refractivity contribution in [1.29, 1.82) is 0 Å². The largest absolute Gasteiger partial charge is 0.491 e. The average molecular weight is 277 g/mol. The van der Waals surface area contributed by atoms with Crippen molar-refractivity contribution in [2.45, 2.75) is 6.61 Å². The molecular weight excluding hydrogens is 264 g/mol. The molecule has 0 amide bonds. The molecule has 20 heavy (non-hydrogen) atoms. The molecule has 0 aliphatic carbocycles. The predicted octanol–water partition coefficient (Wildman–Crippen LogP) is 0.488. The lowest BCUT2D eigenvalue weighted by Gasteiger charge is -2.08. The van der Waals surface area contributed by atoms with Gasteiger partial charge in [-0.1, -0.05) is 12.1 Å². The molecule has 2 aromatic rings. The van der Waals surface area contributed by atoms with Crippen LogP contribution < -0.4 is 14.9 Å². The highest BCUT2D eigenvalue weighted by atomic mass is 19.1. The van der Waals surface area contributed by atoms with Crippen molar-refractivity contribution in [2.24, 2.45) is 0 Å². The van der Waals surface area contributed by atoms with Gasteiger partial charge in [0, 0.05) is 17.6 Å². The smallest absolute Gasteiger partial charge is 0.487 e. The first-order valence-corrected chi connectivity index (χ1v) is 5.88. The van der Waals surface area contributed by atoms with Crippen LogP contribution in [0.5, 0.6) is 11.6 Å². The van der Waals surface area contributed by atoms with Crippen LogP contribution in [0, 0.1) is 5.82 Å². The van der Waals surface area contributed by atoms with E-state index in [1.165, 1.54) is 19.2 Å². The minimum atomic E-state index is -1.84. The van der Waals surface area contributed by atoms with Crippen LogP contribution in [0.25, 0.3) is 0 Å². The maximum Gasteiger partial charge on any atom is 0.491 e. The molecule has 0 atom stereocenters. The van der Waals surface area contributed by atoms with Crippen LogP contribution in [0.15, 0.2) is 36.4 Å². The maximum absolute atomic E-state index is 13.5. The molecule has 1 aromatic carbocycles. The molecule has 1 heterocycles. The van der Waals surface area contributed by atoms with Crippen LogP contribution in [0.2, 0.25) is 0 Å². The fraction of sp³-hybridized carbons (Fsp3) is 0.154. The Morgan fingerprint density at radius 1 is 1.25 bits per heavy atom. The Hall–Kier alpha value is -2.12. The van der Waals surface area contributed by atoms with Gasteiger partial charge >= 0.3 is 7.12 Å². The molecular formula is C13H13BFNO4. The van der Waals surface area contributed by atoms with E-state index in [0.717, 1.165) is 6.07 Å². The van der Waals surface area contributed by atoms with E-state index >= 15 is 0 Å². The van der Waals surface area contributed by atoms with Crippen molar-refractivity contribution in [1.82, 2.24) is 4.98 Å². The molecule has 0 saturated heterocycles. The molecule has 0 aliphatic heterocycles. The fourth-order valence-corrected chi connectivity index (χ4v) is 1.62. The first-order chi connectivity index (χ1) is 9.60. The normalized spacial score (nSPS) is 10.2. The molecule has 104 valence electrons. The van der Waals surface area contributed by atoms with Crippen molar-refractivity contribution in [3.63, 3.8) is 0 Å². The molecule has 1 aromatic heterocycles. The number of ether oxygens (including phenoxy) is 2. The summed E-state index contributed by atoms with van der Waals surface area (Å²) >= 11 is 0. The number of benzene rings is 1. The summed E-state index contributed by atoms with van der Waals surface area (Å²) in [4.78, 5) is 4.15. The molecule has 7 heteroatoms. The van der Waals surface area contributed by atoms with Crippen LogP contribution in [0.4, 0.5) is 4.39 Å². The summed E-state index contributed by atoms with van der Waals surface area (Å²) in [5.74, 6) is 0.00338. The molecule has 0 radical (unpaired) electrons. The van der Waals surface area contributed by atoms with E-state index in [9.17, 15) is 4.39 Å². The van der Waals surface area contributed by atoms with Gasteiger partial charge in [-0.25, -0.2) is 9.37 Å². The lowest BCUT2D eigenvalue weighted by Crippen LogP contribution is -2.32. The Bertz CT molecular complexity index is 594. The second-order valence-electron chi connectivity index (χ2n) is 4.02. The number of hydrogen-bond acceptors (Lipinski definition) is 5. The van der Waals surface area contributed by atoms with Gasteiger partial charge in [-0.2, -0.15) is 0 Å². The van der Waals surface area contributed by atoms with E-state index in [-0.39, 0.29) is 17.8 Å². The number of methoxy groups -OCH3 is 1. The fourth-order valence-electron chi connectivity index (χ4n) is 1.62. The number of nitrogens with zero attached hydrogens (tertiary/aromatic N) is 1. The van der Waals surface area contributed by atoms with Crippen molar-refractivity contribution < 1.29 is 23.9 Å². The summed E-state index contributed by atoms with van der Waals surface area (Å²) in [5, 5.41) is 17.8. The lowest BCUT2D eigenvalue weighted by atomic mass is 9.80. The quantitative estimate of drug-likeness (QED) is 0.778. The second-order valence-corrected chi connectivity index (χ2v) is 4.02. The van der Waals surface area contributed by atoms with Crippen LogP contribution in [0.1, 0.15) is 5.69 Å². The van der Waals surface area contributed by atoms with Gasteiger partial charge in [0.05, 0.1) is 12.8 Å². The molecule has 0 unspecified atom stereocenters. The van der Waals surface area contributed by atoms with Crippen molar-refractivity contribution >= 4 is 12.6 Å². The predicted molar refractivity (Wildman–Crippen MR) is 71.3 cm³/mol. The van der Waals surface area contributed by atoms with Crippen molar-refractivity contribution in [3.8, 4) is 11.6 Å². The summed E-state index contributed by atoms with van der Waals surface area (Å²) in [5.41, 5.74) is 0.438. The topological polar surface area (TPSA) is 71.8 Å². The van der Waals surface area contributed by atoms with Crippen molar-refractivity contribution in [2.75, 3.05) is 7.11 Å². The van der Waals surface area contributed by atoms with Crippen LogP contribution in [-0.2, 0) is 6.61 Å². The molecule has 2 N–H and O–H groups in total. The third-order valence-electron chi connectivity index (χ3n) is 2.63. The number of rotatable bonds is 5. The molecule has 0 fully saturated rings. The van der Waals surface area contributed by atoms with E-state index in [2.05, 4.69) is 4.98 Å². The standard InChI is InChI=1S/C13H13BFNO4/c1-19-13-4-2-3-9(16-13)8-20-10-5-6-11(14(17)18)12(15)7-10/h2-7,17-18H,8H2,1H3. The van der Waals surface area contributed by atoms with Crippen molar-refractivity contribution in [3.05, 3.63) is 47.9 Å². The van der Waals surface area contributed by atoms with Gasteiger partial charge < -0.3 is 19.5 Å². The van der Waals surface area contributed by atoms with Crippen LogP contribution in [-0.4, -0.2) is 29.3 Å². The van der Waals surface area contributed by atoms with Crippen LogP contribution >= 0.6 is 0 Å². The van der Waals surface area contributed by atoms with Gasteiger partial charge in [-0.3, -0.25) is 0 Å². The summed E-state index contributed by atoms with van der Waals surface area (Å²) in [6.45, 7) is 0.150. The second kappa shape index (κ2) is 6.36. The lowest BCUT2D eigenvalue weighted by molar-refractivity contribution is 0.296. The molecule has 0 bridgehead atoms. The van der Waals surface area contributed by atoms with Gasteiger partial charge in [0.15, 0.2) is 0 Å². The monoisotopic (exact) mass is 277 g/mol. The average Bonchev–Trinajstić information content (AvgIpc) is 2.45. The van der Waals surface area contributed by atoms with Crippen LogP contribution in [0.3, 0.4) is 0 Å². The first-order valence-electron chi connectivity index (χ1n) is 5.88. The van der Waals surface area contributed by atoms with E-state index in [1.807, 2.05) is 0 Å². The minimum Gasteiger partial charge on any atom is -0.487 e. The zero-order valence-electron chi connectivity index (χ0n) is 10.8. The van der Waals surface area contributed by atoms with Gasteiger partial charge in [0.25, 0.3) is 0 Å². The zero-order valence-corrected chi connectivity index (χ0v) is 10.8. The van der Waals surface area contributed by atoms with E-state index in [1.54, 1.807) is 18.2 Å². The number of halogens is 1.